The summed E-state index contributed by atoms with van der Waals surface area (Å²) in [7, 11) is 0. The molecule has 1 aromatic rings. The number of thioether (sulfide) groups is 1. The van der Waals surface area contributed by atoms with Gasteiger partial charge in [0, 0.05) is 11.8 Å². The minimum absolute atomic E-state index is 0.696. The van der Waals surface area contributed by atoms with Crippen LogP contribution >= 0.6 is 11.8 Å². The van der Waals surface area contributed by atoms with Crippen molar-refractivity contribution in [3.63, 3.8) is 0 Å². The van der Waals surface area contributed by atoms with E-state index in [-0.39, 0.29) is 0 Å². The zero-order chi connectivity index (χ0) is 12.4. The fourth-order valence-corrected chi connectivity index (χ4v) is 4.01. The predicted octanol–water partition coefficient (Wildman–Crippen LogP) is 3.36. The van der Waals surface area contributed by atoms with Gasteiger partial charge in [0.2, 0.25) is 0 Å². The van der Waals surface area contributed by atoms with Crippen LogP contribution < -0.4 is 5.32 Å². The first-order chi connectivity index (χ1) is 8.83. The summed E-state index contributed by atoms with van der Waals surface area (Å²) >= 11 is 1.90. The van der Waals surface area contributed by atoms with E-state index in [9.17, 15) is 0 Å². The van der Waals surface area contributed by atoms with Crippen molar-refractivity contribution in [1.82, 2.24) is 5.32 Å². The van der Waals surface area contributed by atoms with Crippen LogP contribution in [-0.4, -0.2) is 17.0 Å². The van der Waals surface area contributed by atoms with Crippen LogP contribution in [0, 0.1) is 12.8 Å². The van der Waals surface area contributed by atoms with E-state index < -0.39 is 0 Å². The Morgan fingerprint density at radius 2 is 2.22 bits per heavy atom. The van der Waals surface area contributed by atoms with E-state index in [1.54, 1.807) is 0 Å². The number of benzene rings is 1. The zero-order valence-corrected chi connectivity index (χ0v) is 11.7. The van der Waals surface area contributed by atoms with Gasteiger partial charge in [0.25, 0.3) is 0 Å². The number of fused-ring (bicyclic) bond motifs is 1. The number of nitrogens with zero attached hydrogens (tertiary/aromatic N) is 1. The van der Waals surface area contributed by atoms with Crippen molar-refractivity contribution in [2.24, 2.45) is 10.9 Å². The first kappa shape index (κ1) is 12.1. The van der Waals surface area contributed by atoms with Crippen molar-refractivity contribution in [2.75, 3.05) is 5.75 Å². The molecular formula is C15H20N2S. The quantitative estimate of drug-likeness (QED) is 0.882. The van der Waals surface area contributed by atoms with Crippen LogP contribution in [0.2, 0.25) is 0 Å². The highest BCUT2D eigenvalue weighted by atomic mass is 32.2. The van der Waals surface area contributed by atoms with Gasteiger partial charge >= 0.3 is 0 Å². The fourth-order valence-electron chi connectivity index (χ4n) is 2.85. The molecule has 2 nitrogen and oxygen atoms in total. The van der Waals surface area contributed by atoms with Crippen LogP contribution in [-0.2, 0) is 6.54 Å². The van der Waals surface area contributed by atoms with Gasteiger partial charge in [-0.3, -0.25) is 4.99 Å². The van der Waals surface area contributed by atoms with Crippen molar-refractivity contribution in [3.05, 3.63) is 35.4 Å². The highest BCUT2D eigenvalue weighted by Crippen LogP contribution is 2.32. The van der Waals surface area contributed by atoms with E-state index in [1.807, 2.05) is 11.8 Å². The monoisotopic (exact) mass is 260 g/mol. The van der Waals surface area contributed by atoms with Crippen LogP contribution in [0.1, 0.15) is 30.4 Å². The highest BCUT2D eigenvalue weighted by Gasteiger charge is 2.31. The molecule has 2 aliphatic rings. The molecule has 1 aromatic carbocycles. The molecular weight excluding hydrogens is 240 g/mol. The van der Waals surface area contributed by atoms with Crippen LogP contribution in [0.3, 0.4) is 0 Å². The van der Waals surface area contributed by atoms with Crippen molar-refractivity contribution < 1.29 is 0 Å². The summed E-state index contributed by atoms with van der Waals surface area (Å²) in [4.78, 5) is 4.74. The Balaban J connectivity index is 1.65. The number of hydrogen-bond donors (Lipinski definition) is 1. The molecule has 0 spiro atoms. The van der Waals surface area contributed by atoms with Gasteiger partial charge in [0.1, 0.15) is 0 Å². The maximum Gasteiger partial charge on any atom is 0.157 e. The molecule has 1 aliphatic carbocycles. The molecule has 0 aromatic heterocycles. The molecule has 1 saturated carbocycles. The normalized spacial score (nSPS) is 29.1. The SMILES string of the molecule is Cc1ccccc1CN=C1NC2CCCC2CS1. The Morgan fingerprint density at radius 3 is 3.11 bits per heavy atom. The van der Waals surface area contributed by atoms with E-state index in [0.29, 0.717) is 6.04 Å². The van der Waals surface area contributed by atoms with Gasteiger partial charge in [-0.15, -0.1) is 0 Å². The minimum Gasteiger partial charge on any atom is -0.362 e. The molecule has 1 heterocycles. The summed E-state index contributed by atoms with van der Waals surface area (Å²) in [6.45, 7) is 2.96. The zero-order valence-electron chi connectivity index (χ0n) is 10.9. The molecule has 2 fully saturated rings. The Kier molecular flexibility index (Phi) is 3.59. The van der Waals surface area contributed by atoms with Gasteiger partial charge in [-0.05, 0) is 36.8 Å². The molecule has 1 N–H and O–H groups in total. The smallest absolute Gasteiger partial charge is 0.157 e. The lowest BCUT2D eigenvalue weighted by molar-refractivity contribution is 0.489. The lowest BCUT2D eigenvalue weighted by Crippen LogP contribution is -2.41. The van der Waals surface area contributed by atoms with Gasteiger partial charge < -0.3 is 5.32 Å². The molecule has 96 valence electrons. The second-order valence-electron chi connectivity index (χ2n) is 5.30. The Morgan fingerprint density at radius 1 is 1.33 bits per heavy atom. The Labute approximate surface area is 113 Å². The lowest BCUT2D eigenvalue weighted by atomic mass is 10.1. The van der Waals surface area contributed by atoms with Crippen molar-refractivity contribution in [2.45, 2.75) is 38.8 Å². The third-order valence-electron chi connectivity index (χ3n) is 4.06. The molecule has 0 amide bonds. The Bertz CT molecular complexity index is 456. The number of nitrogens with one attached hydrogen (secondary N) is 1. The van der Waals surface area contributed by atoms with E-state index >= 15 is 0 Å². The summed E-state index contributed by atoms with van der Waals surface area (Å²) in [5, 5.41) is 4.77. The number of aliphatic imine (C=N–C) groups is 1. The largest absolute Gasteiger partial charge is 0.362 e. The van der Waals surface area contributed by atoms with Crippen LogP contribution in [0.25, 0.3) is 0 Å². The molecule has 0 radical (unpaired) electrons. The molecule has 1 aliphatic heterocycles. The summed E-state index contributed by atoms with van der Waals surface area (Å²) in [5.74, 6) is 2.14. The van der Waals surface area contributed by atoms with E-state index in [1.165, 1.54) is 36.1 Å². The maximum atomic E-state index is 4.74. The van der Waals surface area contributed by atoms with Crippen LogP contribution in [0.15, 0.2) is 29.3 Å². The summed E-state index contributed by atoms with van der Waals surface area (Å²) in [6.07, 6.45) is 4.11. The van der Waals surface area contributed by atoms with Crippen molar-refractivity contribution in [1.29, 1.82) is 0 Å². The number of hydrogen-bond acceptors (Lipinski definition) is 2. The molecule has 1 saturated heterocycles. The van der Waals surface area contributed by atoms with Gasteiger partial charge in [0.15, 0.2) is 5.17 Å². The summed E-state index contributed by atoms with van der Waals surface area (Å²) in [5.41, 5.74) is 2.67. The molecule has 18 heavy (non-hydrogen) atoms. The lowest BCUT2D eigenvalue weighted by Gasteiger charge is -2.28. The molecule has 3 rings (SSSR count). The summed E-state index contributed by atoms with van der Waals surface area (Å²) < 4.78 is 0. The molecule has 2 atom stereocenters. The average Bonchev–Trinajstić information content (AvgIpc) is 2.85. The second kappa shape index (κ2) is 5.35. The highest BCUT2D eigenvalue weighted by molar-refractivity contribution is 8.13. The van der Waals surface area contributed by atoms with Crippen molar-refractivity contribution in [3.8, 4) is 0 Å². The first-order valence-electron chi connectivity index (χ1n) is 6.81. The number of amidine groups is 1. The third kappa shape index (κ3) is 2.56. The fraction of sp³-hybridized carbons (Fsp3) is 0.533. The number of rotatable bonds is 2. The predicted molar refractivity (Wildman–Crippen MR) is 79.0 cm³/mol. The van der Waals surface area contributed by atoms with Gasteiger partial charge in [0.05, 0.1) is 6.54 Å². The average molecular weight is 260 g/mol. The minimum atomic E-state index is 0.696. The van der Waals surface area contributed by atoms with Gasteiger partial charge in [-0.2, -0.15) is 0 Å². The van der Waals surface area contributed by atoms with Crippen molar-refractivity contribution >= 4 is 16.9 Å². The standard InChI is InChI=1S/C15H20N2S/c1-11-5-2-3-6-12(11)9-16-15-17-14-8-4-7-13(14)10-18-15/h2-3,5-6,13-14H,4,7-10H2,1H3,(H,16,17). The van der Waals surface area contributed by atoms with Gasteiger partial charge in [-0.1, -0.05) is 42.4 Å². The summed E-state index contributed by atoms with van der Waals surface area (Å²) in [6, 6.07) is 9.21. The first-order valence-corrected chi connectivity index (χ1v) is 7.80. The maximum absolute atomic E-state index is 4.74. The molecule has 2 unspecified atom stereocenters. The second-order valence-corrected chi connectivity index (χ2v) is 6.31. The third-order valence-corrected chi connectivity index (χ3v) is 5.17. The van der Waals surface area contributed by atoms with E-state index in [4.69, 9.17) is 4.99 Å². The molecule has 3 heteroatoms. The number of aryl methyl sites for hydroxylation is 1. The van der Waals surface area contributed by atoms with Gasteiger partial charge in [-0.25, -0.2) is 0 Å². The van der Waals surface area contributed by atoms with Crippen LogP contribution in [0.4, 0.5) is 0 Å². The van der Waals surface area contributed by atoms with Crippen LogP contribution in [0.5, 0.6) is 0 Å². The van der Waals surface area contributed by atoms with E-state index in [0.717, 1.165) is 17.6 Å². The Hall–Kier alpha value is -0.960. The van der Waals surface area contributed by atoms with E-state index in [2.05, 4.69) is 36.5 Å². The topological polar surface area (TPSA) is 24.4 Å². The molecule has 0 bridgehead atoms.